The maximum atomic E-state index is 6.06. The third-order valence-corrected chi connectivity index (χ3v) is 3.73. The van der Waals surface area contributed by atoms with Crippen LogP contribution in [0.25, 0.3) is 16.6 Å². The van der Waals surface area contributed by atoms with Gasteiger partial charge in [-0.1, -0.05) is 11.6 Å². The molecule has 4 aromatic rings. The van der Waals surface area contributed by atoms with Crippen molar-refractivity contribution in [3.63, 3.8) is 0 Å². The number of hydrogen-bond donors (Lipinski definition) is 2. The van der Waals surface area contributed by atoms with Gasteiger partial charge in [-0.15, -0.1) is 14.8 Å². The summed E-state index contributed by atoms with van der Waals surface area (Å²) in [6, 6.07) is 9.53. The molecule has 110 valence electrons. The Hall–Kier alpha value is -2.67. The maximum Gasteiger partial charge on any atom is 0.200 e. The lowest BCUT2D eigenvalue weighted by molar-refractivity contribution is 0.734. The van der Waals surface area contributed by atoms with Gasteiger partial charge in [0.15, 0.2) is 5.65 Å². The number of halogens is 1. The first-order valence-electron chi connectivity index (χ1n) is 6.84. The molecule has 0 bridgehead atoms. The van der Waals surface area contributed by atoms with E-state index >= 15 is 0 Å². The summed E-state index contributed by atoms with van der Waals surface area (Å²) in [4.78, 5) is 3.25. The standard InChI is InChI=1S/C14H12ClN7/c15-10-1-2-12-11(7-10)9(8-17-12)5-6-16-13-3-4-14-18-20-21-22(14)19-13/h1-4,7-8,17H,5-6H2,(H,16,19). The Morgan fingerprint density at radius 2 is 2.18 bits per heavy atom. The number of fused-ring (bicyclic) bond motifs is 2. The Bertz CT molecular complexity index is 943. The third kappa shape index (κ3) is 2.35. The minimum absolute atomic E-state index is 0.622. The molecule has 1 aromatic carbocycles. The molecule has 0 radical (unpaired) electrons. The Labute approximate surface area is 130 Å². The molecule has 0 atom stereocenters. The Morgan fingerprint density at radius 3 is 3.14 bits per heavy atom. The van der Waals surface area contributed by atoms with Crippen LogP contribution in [0.4, 0.5) is 5.82 Å². The van der Waals surface area contributed by atoms with Crippen LogP contribution in [0.15, 0.2) is 36.5 Å². The number of anilines is 1. The second-order valence-electron chi connectivity index (χ2n) is 4.93. The molecule has 0 saturated carbocycles. The number of H-pyrrole nitrogens is 1. The van der Waals surface area contributed by atoms with Crippen molar-refractivity contribution < 1.29 is 0 Å². The first kappa shape index (κ1) is 13.0. The molecule has 8 heteroatoms. The lowest BCUT2D eigenvalue weighted by Crippen LogP contribution is -2.08. The van der Waals surface area contributed by atoms with E-state index < -0.39 is 0 Å². The molecule has 0 fully saturated rings. The van der Waals surface area contributed by atoms with Crippen LogP contribution < -0.4 is 5.32 Å². The highest BCUT2D eigenvalue weighted by Crippen LogP contribution is 2.22. The van der Waals surface area contributed by atoms with Crippen LogP contribution in [-0.2, 0) is 6.42 Å². The van der Waals surface area contributed by atoms with Crippen LogP contribution in [0, 0.1) is 0 Å². The highest BCUT2D eigenvalue weighted by atomic mass is 35.5. The summed E-state index contributed by atoms with van der Waals surface area (Å²) in [5.74, 6) is 0.734. The number of nitrogens with zero attached hydrogens (tertiary/aromatic N) is 5. The highest BCUT2D eigenvalue weighted by molar-refractivity contribution is 6.31. The van der Waals surface area contributed by atoms with E-state index in [9.17, 15) is 0 Å². The van der Waals surface area contributed by atoms with Gasteiger partial charge < -0.3 is 10.3 Å². The van der Waals surface area contributed by atoms with E-state index in [1.54, 1.807) is 0 Å². The number of hydrogen-bond acceptors (Lipinski definition) is 5. The van der Waals surface area contributed by atoms with Crippen LogP contribution in [0.3, 0.4) is 0 Å². The quantitative estimate of drug-likeness (QED) is 0.604. The molecule has 3 aromatic heterocycles. The van der Waals surface area contributed by atoms with Gasteiger partial charge in [-0.2, -0.15) is 0 Å². The van der Waals surface area contributed by atoms with Crippen molar-refractivity contribution >= 4 is 34.0 Å². The molecule has 0 aliphatic carbocycles. The van der Waals surface area contributed by atoms with Crippen LogP contribution in [0.5, 0.6) is 0 Å². The molecule has 22 heavy (non-hydrogen) atoms. The van der Waals surface area contributed by atoms with Gasteiger partial charge in [-0.3, -0.25) is 0 Å². The van der Waals surface area contributed by atoms with E-state index in [0.29, 0.717) is 5.65 Å². The van der Waals surface area contributed by atoms with Gasteiger partial charge in [-0.25, -0.2) is 0 Å². The zero-order valence-corrected chi connectivity index (χ0v) is 12.2. The van der Waals surface area contributed by atoms with Crippen molar-refractivity contribution in [2.75, 3.05) is 11.9 Å². The van der Waals surface area contributed by atoms with E-state index in [4.69, 9.17) is 11.6 Å². The second kappa shape index (κ2) is 5.27. The highest BCUT2D eigenvalue weighted by Gasteiger charge is 2.05. The van der Waals surface area contributed by atoms with Crippen molar-refractivity contribution in [1.82, 2.24) is 30.2 Å². The first-order valence-corrected chi connectivity index (χ1v) is 7.22. The molecule has 0 aliphatic heterocycles. The molecule has 0 spiro atoms. The van der Waals surface area contributed by atoms with Gasteiger partial charge in [-0.05, 0) is 52.7 Å². The number of benzene rings is 1. The topological polar surface area (TPSA) is 83.8 Å². The van der Waals surface area contributed by atoms with Crippen LogP contribution in [0.1, 0.15) is 5.56 Å². The number of rotatable bonds is 4. The lowest BCUT2D eigenvalue weighted by Gasteiger charge is -2.04. The van der Waals surface area contributed by atoms with Gasteiger partial charge in [0.25, 0.3) is 0 Å². The van der Waals surface area contributed by atoms with Crippen molar-refractivity contribution in [2.45, 2.75) is 6.42 Å². The average Bonchev–Trinajstić information content (AvgIpc) is 3.13. The fourth-order valence-corrected chi connectivity index (χ4v) is 2.60. The molecule has 0 amide bonds. The average molecular weight is 314 g/mol. The largest absolute Gasteiger partial charge is 0.368 e. The Balaban J connectivity index is 1.48. The minimum atomic E-state index is 0.622. The SMILES string of the molecule is Clc1ccc2[nH]cc(CCNc3ccc4nnnn4n3)c2c1. The zero-order valence-electron chi connectivity index (χ0n) is 11.5. The minimum Gasteiger partial charge on any atom is -0.368 e. The predicted molar refractivity (Wildman–Crippen MR) is 84.1 cm³/mol. The maximum absolute atomic E-state index is 6.06. The molecule has 0 unspecified atom stereocenters. The predicted octanol–water partition coefficient (Wildman–Crippen LogP) is 2.31. The molecule has 4 rings (SSSR count). The van der Waals surface area contributed by atoms with Crippen molar-refractivity contribution in [3.05, 3.63) is 47.1 Å². The zero-order chi connectivity index (χ0) is 14.9. The van der Waals surface area contributed by atoms with Gasteiger partial charge in [0, 0.05) is 28.7 Å². The van der Waals surface area contributed by atoms with Crippen molar-refractivity contribution in [1.29, 1.82) is 0 Å². The first-order chi connectivity index (χ1) is 10.8. The number of nitrogens with one attached hydrogen (secondary N) is 2. The summed E-state index contributed by atoms with van der Waals surface area (Å²) in [6.07, 6.45) is 2.87. The fraction of sp³-hybridized carbons (Fsp3) is 0.143. The van der Waals surface area contributed by atoms with Gasteiger partial charge in [0.2, 0.25) is 0 Å². The van der Waals surface area contributed by atoms with Crippen molar-refractivity contribution in [3.8, 4) is 0 Å². The van der Waals surface area contributed by atoms with E-state index in [2.05, 4.69) is 30.9 Å². The van der Waals surface area contributed by atoms with E-state index in [-0.39, 0.29) is 0 Å². The molecular formula is C14H12ClN7. The molecule has 7 nitrogen and oxygen atoms in total. The number of aromatic amines is 1. The Kier molecular flexibility index (Phi) is 3.12. The fourth-order valence-electron chi connectivity index (χ4n) is 2.43. The molecule has 0 aliphatic rings. The summed E-state index contributed by atoms with van der Waals surface area (Å²) in [7, 11) is 0. The lowest BCUT2D eigenvalue weighted by atomic mass is 10.1. The van der Waals surface area contributed by atoms with Crippen LogP contribution in [-0.4, -0.2) is 36.8 Å². The summed E-state index contributed by atoms with van der Waals surface area (Å²) >= 11 is 6.06. The summed E-state index contributed by atoms with van der Waals surface area (Å²) in [6.45, 7) is 0.750. The smallest absolute Gasteiger partial charge is 0.200 e. The van der Waals surface area contributed by atoms with Crippen LogP contribution >= 0.6 is 11.6 Å². The van der Waals surface area contributed by atoms with Crippen molar-refractivity contribution in [2.24, 2.45) is 0 Å². The van der Waals surface area contributed by atoms with Crippen LogP contribution in [0.2, 0.25) is 5.02 Å². The summed E-state index contributed by atoms with van der Waals surface area (Å²) in [5, 5.41) is 20.6. The van der Waals surface area contributed by atoms with Gasteiger partial charge >= 0.3 is 0 Å². The summed E-state index contributed by atoms with van der Waals surface area (Å²) < 4.78 is 1.40. The number of aromatic nitrogens is 6. The molecular weight excluding hydrogens is 302 g/mol. The van der Waals surface area contributed by atoms with E-state index in [1.807, 2.05) is 36.5 Å². The van der Waals surface area contributed by atoms with E-state index in [1.165, 1.54) is 10.2 Å². The Morgan fingerprint density at radius 1 is 1.23 bits per heavy atom. The normalized spacial score (nSPS) is 11.3. The second-order valence-corrected chi connectivity index (χ2v) is 5.36. The van der Waals surface area contributed by atoms with E-state index in [0.717, 1.165) is 34.7 Å². The monoisotopic (exact) mass is 313 g/mol. The van der Waals surface area contributed by atoms with Gasteiger partial charge in [0.05, 0.1) is 0 Å². The van der Waals surface area contributed by atoms with Gasteiger partial charge in [0.1, 0.15) is 5.82 Å². The molecule has 0 saturated heterocycles. The molecule has 3 heterocycles. The molecule has 2 N–H and O–H groups in total. The number of tetrazole rings is 1. The third-order valence-electron chi connectivity index (χ3n) is 3.50. The summed E-state index contributed by atoms with van der Waals surface area (Å²) in [5.41, 5.74) is 2.93.